The first-order chi connectivity index (χ1) is 11.7. The molecule has 0 unspecified atom stereocenters. The zero-order valence-electron chi connectivity index (χ0n) is 15.7. The Morgan fingerprint density at radius 2 is 1.72 bits per heavy atom. The minimum atomic E-state index is -0.219. The third-order valence-electron chi connectivity index (χ3n) is 4.24. The second kappa shape index (κ2) is 8.23. The van der Waals surface area contributed by atoms with Gasteiger partial charge in [0.25, 0.3) is 0 Å². The number of anilines is 1. The molecule has 1 aliphatic heterocycles. The first-order valence-electron chi connectivity index (χ1n) is 8.91. The van der Waals surface area contributed by atoms with Gasteiger partial charge in [-0.25, -0.2) is 9.59 Å². The van der Waals surface area contributed by atoms with Gasteiger partial charge in [0.1, 0.15) is 0 Å². The molecule has 4 amide bonds. The number of nitrogens with one attached hydrogen (secondary N) is 3. The number of nitrogens with zero attached hydrogens (tertiary/aromatic N) is 1. The molecule has 0 radical (unpaired) electrons. The maximum Gasteiger partial charge on any atom is 0.319 e. The van der Waals surface area contributed by atoms with Crippen LogP contribution in [-0.4, -0.2) is 42.1 Å². The number of urea groups is 2. The van der Waals surface area contributed by atoms with E-state index in [1.807, 2.05) is 56.9 Å². The Bertz CT molecular complexity index is 584. The highest BCUT2D eigenvalue weighted by Gasteiger charge is 2.25. The number of carbonyl (C=O) groups excluding carboxylic acids is 2. The molecular formula is C19H30N4O2. The summed E-state index contributed by atoms with van der Waals surface area (Å²) in [5.74, 6) is 0.405. The number of likely N-dealkylation sites (tertiary alicyclic amines) is 1. The van der Waals surface area contributed by atoms with E-state index in [1.165, 1.54) is 0 Å². The van der Waals surface area contributed by atoms with E-state index in [9.17, 15) is 9.59 Å². The van der Waals surface area contributed by atoms with Crippen LogP contribution in [0.4, 0.5) is 15.3 Å². The predicted molar refractivity (Wildman–Crippen MR) is 101 cm³/mol. The van der Waals surface area contributed by atoms with Gasteiger partial charge in [0.15, 0.2) is 0 Å². The topological polar surface area (TPSA) is 73.5 Å². The highest BCUT2D eigenvalue weighted by molar-refractivity contribution is 5.89. The average molecular weight is 346 g/mol. The predicted octanol–water partition coefficient (Wildman–Crippen LogP) is 3.34. The fraction of sp³-hybridized carbons (Fsp3) is 0.579. The number of hydrogen-bond acceptors (Lipinski definition) is 2. The molecule has 0 aliphatic carbocycles. The second-order valence-electron chi connectivity index (χ2n) is 7.81. The summed E-state index contributed by atoms with van der Waals surface area (Å²) >= 11 is 0. The largest absolute Gasteiger partial charge is 0.338 e. The molecule has 25 heavy (non-hydrogen) atoms. The Hall–Kier alpha value is -2.24. The van der Waals surface area contributed by atoms with Crippen molar-refractivity contribution in [1.29, 1.82) is 0 Å². The summed E-state index contributed by atoms with van der Waals surface area (Å²) in [4.78, 5) is 26.0. The van der Waals surface area contributed by atoms with Gasteiger partial charge in [-0.1, -0.05) is 17.7 Å². The van der Waals surface area contributed by atoms with Gasteiger partial charge in [0.05, 0.1) is 0 Å². The van der Waals surface area contributed by atoms with Gasteiger partial charge in [-0.3, -0.25) is 0 Å². The maximum absolute atomic E-state index is 12.1. The van der Waals surface area contributed by atoms with Crippen molar-refractivity contribution in [3.8, 4) is 0 Å². The van der Waals surface area contributed by atoms with Crippen molar-refractivity contribution in [3.05, 3.63) is 29.8 Å². The summed E-state index contributed by atoms with van der Waals surface area (Å²) in [5, 5.41) is 8.76. The molecular weight excluding hydrogens is 316 g/mol. The molecule has 0 saturated carbocycles. The highest BCUT2D eigenvalue weighted by Crippen LogP contribution is 2.17. The van der Waals surface area contributed by atoms with Crippen molar-refractivity contribution in [2.75, 3.05) is 25.0 Å². The third kappa shape index (κ3) is 6.64. The second-order valence-corrected chi connectivity index (χ2v) is 7.81. The molecule has 1 heterocycles. The maximum atomic E-state index is 12.1. The monoisotopic (exact) mass is 346 g/mol. The zero-order valence-corrected chi connectivity index (χ0v) is 15.7. The van der Waals surface area contributed by atoms with Gasteiger partial charge in [-0.05, 0) is 58.6 Å². The fourth-order valence-corrected chi connectivity index (χ4v) is 2.79. The molecule has 0 spiro atoms. The summed E-state index contributed by atoms with van der Waals surface area (Å²) in [7, 11) is 0. The standard InChI is InChI=1S/C19H30N4O2/c1-14-5-7-16(8-6-14)21-17(24)20-13-15-9-11-23(12-10-15)18(25)22-19(2,3)4/h5-8,15H,9-13H2,1-4H3,(H,22,25)(H2,20,21,24). The lowest BCUT2D eigenvalue weighted by atomic mass is 9.97. The third-order valence-corrected chi connectivity index (χ3v) is 4.24. The van der Waals surface area contributed by atoms with Crippen LogP contribution in [0.5, 0.6) is 0 Å². The lowest BCUT2D eigenvalue weighted by Crippen LogP contribution is -2.51. The van der Waals surface area contributed by atoms with Gasteiger partial charge in [0.2, 0.25) is 0 Å². The molecule has 0 atom stereocenters. The summed E-state index contributed by atoms with van der Waals surface area (Å²) < 4.78 is 0. The molecule has 1 aromatic carbocycles. The SMILES string of the molecule is Cc1ccc(NC(=O)NCC2CCN(C(=O)NC(C)(C)C)CC2)cc1. The quantitative estimate of drug-likeness (QED) is 0.785. The first kappa shape index (κ1) is 19.1. The summed E-state index contributed by atoms with van der Waals surface area (Å²) in [6.07, 6.45) is 1.81. The Morgan fingerprint density at radius 1 is 1.12 bits per heavy atom. The normalized spacial score (nSPS) is 15.6. The Labute approximate surface area is 150 Å². The molecule has 6 nitrogen and oxygen atoms in total. The number of aryl methyl sites for hydroxylation is 1. The van der Waals surface area contributed by atoms with Gasteiger partial charge in [0, 0.05) is 30.9 Å². The minimum Gasteiger partial charge on any atom is -0.338 e. The van der Waals surface area contributed by atoms with Gasteiger partial charge in [-0.2, -0.15) is 0 Å². The van der Waals surface area contributed by atoms with Crippen molar-refractivity contribution in [1.82, 2.24) is 15.5 Å². The van der Waals surface area contributed by atoms with Crippen LogP contribution in [0.25, 0.3) is 0 Å². The Kier molecular flexibility index (Phi) is 6.28. The minimum absolute atomic E-state index is 0.00368. The number of carbonyl (C=O) groups is 2. The molecule has 0 aromatic heterocycles. The van der Waals surface area contributed by atoms with E-state index in [4.69, 9.17) is 0 Å². The van der Waals surface area contributed by atoms with E-state index < -0.39 is 0 Å². The number of benzene rings is 1. The Morgan fingerprint density at radius 3 is 2.28 bits per heavy atom. The Balaban J connectivity index is 1.69. The van der Waals surface area contributed by atoms with Crippen LogP contribution in [0, 0.1) is 12.8 Å². The number of amides is 4. The van der Waals surface area contributed by atoms with Crippen LogP contribution in [0.2, 0.25) is 0 Å². The summed E-state index contributed by atoms with van der Waals surface area (Å²) in [6.45, 7) is 10.0. The van der Waals surface area contributed by atoms with Crippen LogP contribution in [0.15, 0.2) is 24.3 Å². The lowest BCUT2D eigenvalue weighted by Gasteiger charge is -2.34. The van der Waals surface area contributed by atoms with Crippen LogP contribution in [-0.2, 0) is 0 Å². The van der Waals surface area contributed by atoms with Gasteiger partial charge < -0.3 is 20.9 Å². The van der Waals surface area contributed by atoms with Crippen molar-refractivity contribution >= 4 is 17.7 Å². The highest BCUT2D eigenvalue weighted by atomic mass is 16.2. The van der Waals surface area contributed by atoms with E-state index in [2.05, 4.69) is 16.0 Å². The molecule has 1 aliphatic rings. The van der Waals surface area contributed by atoms with Crippen molar-refractivity contribution in [2.45, 2.75) is 46.1 Å². The molecule has 3 N–H and O–H groups in total. The molecule has 138 valence electrons. The average Bonchev–Trinajstić information content (AvgIpc) is 2.54. The van der Waals surface area contributed by atoms with E-state index in [-0.39, 0.29) is 17.6 Å². The summed E-state index contributed by atoms with van der Waals surface area (Å²) in [5.41, 5.74) is 1.73. The molecule has 1 saturated heterocycles. The van der Waals surface area contributed by atoms with E-state index in [0.29, 0.717) is 12.5 Å². The molecule has 0 bridgehead atoms. The molecule has 1 fully saturated rings. The first-order valence-corrected chi connectivity index (χ1v) is 8.91. The van der Waals surface area contributed by atoms with E-state index >= 15 is 0 Å². The van der Waals surface area contributed by atoms with Crippen LogP contribution < -0.4 is 16.0 Å². The van der Waals surface area contributed by atoms with Crippen LogP contribution >= 0.6 is 0 Å². The number of hydrogen-bond donors (Lipinski definition) is 3. The number of piperidine rings is 1. The van der Waals surface area contributed by atoms with Crippen molar-refractivity contribution < 1.29 is 9.59 Å². The van der Waals surface area contributed by atoms with E-state index in [1.54, 1.807) is 0 Å². The van der Waals surface area contributed by atoms with Gasteiger partial charge in [-0.15, -0.1) is 0 Å². The number of rotatable bonds is 3. The molecule has 2 rings (SSSR count). The van der Waals surface area contributed by atoms with Crippen LogP contribution in [0.3, 0.4) is 0 Å². The zero-order chi connectivity index (χ0) is 18.4. The van der Waals surface area contributed by atoms with Crippen molar-refractivity contribution in [2.24, 2.45) is 5.92 Å². The molecule has 6 heteroatoms. The smallest absolute Gasteiger partial charge is 0.319 e. The van der Waals surface area contributed by atoms with Crippen molar-refractivity contribution in [3.63, 3.8) is 0 Å². The van der Waals surface area contributed by atoms with Gasteiger partial charge >= 0.3 is 12.1 Å². The van der Waals surface area contributed by atoms with E-state index in [0.717, 1.165) is 37.2 Å². The lowest BCUT2D eigenvalue weighted by molar-refractivity contribution is 0.162. The summed E-state index contributed by atoms with van der Waals surface area (Å²) in [6, 6.07) is 7.53. The molecule has 1 aromatic rings. The fourth-order valence-electron chi connectivity index (χ4n) is 2.79. The van der Waals surface area contributed by atoms with Crippen LogP contribution in [0.1, 0.15) is 39.2 Å².